The van der Waals surface area contributed by atoms with E-state index in [4.69, 9.17) is 16.3 Å². The first kappa shape index (κ1) is 21.3. The van der Waals surface area contributed by atoms with Gasteiger partial charge in [-0.1, -0.05) is 35.9 Å². The van der Waals surface area contributed by atoms with Crippen molar-refractivity contribution >= 4 is 27.5 Å². The highest BCUT2D eigenvalue weighted by Crippen LogP contribution is 2.27. The first-order chi connectivity index (χ1) is 14.4. The lowest BCUT2D eigenvalue weighted by molar-refractivity contribution is -0.126. The molecule has 30 heavy (non-hydrogen) atoms. The standard InChI is InChI=1S/C22H25ClN2O4S/c23-18-5-7-19(8-6-18)30(27,28)25-12-9-17(10-13-25)22(26)24-15-21-20-4-2-1-3-16(20)11-14-29-21/h1-8,17,21H,9-15H2,(H,24,26). The highest BCUT2D eigenvalue weighted by molar-refractivity contribution is 7.89. The Morgan fingerprint density at radius 2 is 1.80 bits per heavy atom. The fourth-order valence-corrected chi connectivity index (χ4v) is 5.69. The maximum absolute atomic E-state index is 12.8. The molecule has 4 rings (SSSR count). The van der Waals surface area contributed by atoms with E-state index in [9.17, 15) is 13.2 Å². The minimum absolute atomic E-state index is 0.0369. The van der Waals surface area contributed by atoms with Crippen LogP contribution in [0.15, 0.2) is 53.4 Å². The van der Waals surface area contributed by atoms with Gasteiger partial charge in [-0.25, -0.2) is 8.42 Å². The molecule has 2 heterocycles. The van der Waals surface area contributed by atoms with Gasteiger partial charge in [0.2, 0.25) is 15.9 Å². The number of carbonyl (C=O) groups excluding carboxylic acids is 1. The van der Waals surface area contributed by atoms with Crippen LogP contribution in [0.1, 0.15) is 30.1 Å². The normalized spacial score (nSPS) is 20.5. The summed E-state index contributed by atoms with van der Waals surface area (Å²) < 4.78 is 32.9. The van der Waals surface area contributed by atoms with E-state index in [0.717, 1.165) is 12.0 Å². The Morgan fingerprint density at radius 3 is 2.53 bits per heavy atom. The summed E-state index contributed by atoms with van der Waals surface area (Å²) in [5.41, 5.74) is 2.40. The number of nitrogens with zero attached hydrogens (tertiary/aromatic N) is 1. The molecule has 160 valence electrons. The maximum Gasteiger partial charge on any atom is 0.243 e. The predicted molar refractivity (Wildman–Crippen MR) is 115 cm³/mol. The van der Waals surface area contributed by atoms with Gasteiger partial charge < -0.3 is 10.1 Å². The van der Waals surface area contributed by atoms with Crippen molar-refractivity contribution in [3.05, 3.63) is 64.7 Å². The molecule has 1 fully saturated rings. The van der Waals surface area contributed by atoms with Crippen LogP contribution in [0.5, 0.6) is 0 Å². The number of piperidine rings is 1. The number of fused-ring (bicyclic) bond motifs is 1. The van der Waals surface area contributed by atoms with E-state index in [2.05, 4.69) is 11.4 Å². The Balaban J connectivity index is 1.31. The van der Waals surface area contributed by atoms with Crippen LogP contribution in [0, 0.1) is 5.92 Å². The molecule has 0 radical (unpaired) electrons. The van der Waals surface area contributed by atoms with Crippen molar-refractivity contribution in [1.82, 2.24) is 9.62 Å². The number of benzene rings is 2. The molecule has 6 nitrogen and oxygen atoms in total. The van der Waals surface area contributed by atoms with E-state index in [1.165, 1.54) is 22.0 Å². The lowest BCUT2D eigenvalue weighted by Gasteiger charge is -2.31. The van der Waals surface area contributed by atoms with Crippen molar-refractivity contribution in [2.45, 2.75) is 30.3 Å². The third kappa shape index (κ3) is 4.54. The zero-order valence-electron chi connectivity index (χ0n) is 16.6. The number of amides is 1. The molecule has 2 aromatic rings. The number of sulfonamides is 1. The average Bonchev–Trinajstić information content (AvgIpc) is 2.78. The minimum Gasteiger partial charge on any atom is -0.371 e. The second-order valence-corrected chi connectivity index (χ2v) is 10.1. The van der Waals surface area contributed by atoms with Crippen LogP contribution >= 0.6 is 11.6 Å². The molecule has 1 amide bonds. The number of halogens is 1. The van der Waals surface area contributed by atoms with Gasteiger partial charge in [-0.2, -0.15) is 4.31 Å². The number of hydrogen-bond donors (Lipinski definition) is 1. The molecule has 1 saturated heterocycles. The maximum atomic E-state index is 12.8. The molecule has 8 heteroatoms. The van der Waals surface area contributed by atoms with Crippen LogP contribution < -0.4 is 5.32 Å². The Hall–Kier alpha value is -1.93. The smallest absolute Gasteiger partial charge is 0.243 e. The lowest BCUT2D eigenvalue weighted by atomic mass is 9.96. The summed E-state index contributed by atoms with van der Waals surface area (Å²) in [6, 6.07) is 14.3. The fraction of sp³-hybridized carbons (Fsp3) is 0.409. The summed E-state index contributed by atoms with van der Waals surface area (Å²) in [5.74, 6) is -0.231. The third-order valence-electron chi connectivity index (χ3n) is 5.83. The van der Waals surface area contributed by atoms with Crippen molar-refractivity contribution in [1.29, 1.82) is 0 Å². The molecule has 0 aromatic heterocycles. The van der Waals surface area contributed by atoms with Crippen LogP contribution in [0.25, 0.3) is 0 Å². The molecule has 2 aliphatic rings. The Morgan fingerprint density at radius 1 is 1.10 bits per heavy atom. The summed E-state index contributed by atoms with van der Waals surface area (Å²) in [6.45, 7) is 1.73. The molecular formula is C22H25ClN2O4S. The van der Waals surface area contributed by atoms with Crippen LogP contribution in [0.3, 0.4) is 0 Å². The summed E-state index contributed by atoms with van der Waals surface area (Å²) in [6.07, 6.45) is 1.76. The summed E-state index contributed by atoms with van der Waals surface area (Å²) >= 11 is 5.85. The van der Waals surface area contributed by atoms with Crippen molar-refractivity contribution in [3.63, 3.8) is 0 Å². The van der Waals surface area contributed by atoms with E-state index >= 15 is 0 Å². The number of hydrogen-bond acceptors (Lipinski definition) is 4. The van der Waals surface area contributed by atoms with Crippen molar-refractivity contribution in [2.75, 3.05) is 26.2 Å². The zero-order chi connectivity index (χ0) is 21.1. The first-order valence-corrected chi connectivity index (χ1v) is 12.0. The van der Waals surface area contributed by atoms with E-state index in [-0.39, 0.29) is 22.8 Å². The van der Waals surface area contributed by atoms with Gasteiger partial charge in [0.25, 0.3) is 0 Å². The van der Waals surface area contributed by atoms with Gasteiger partial charge >= 0.3 is 0 Å². The van der Waals surface area contributed by atoms with Gasteiger partial charge in [0.15, 0.2) is 0 Å². The van der Waals surface area contributed by atoms with Crippen LogP contribution in [0.2, 0.25) is 5.02 Å². The lowest BCUT2D eigenvalue weighted by Crippen LogP contribution is -2.43. The third-order valence-corrected chi connectivity index (χ3v) is 8.00. The quantitative estimate of drug-likeness (QED) is 0.762. The number of ether oxygens (including phenoxy) is 1. The average molecular weight is 449 g/mol. The largest absolute Gasteiger partial charge is 0.371 e. The topological polar surface area (TPSA) is 75.7 Å². The van der Waals surface area contributed by atoms with Gasteiger partial charge in [0, 0.05) is 30.6 Å². The molecule has 0 bridgehead atoms. The highest BCUT2D eigenvalue weighted by Gasteiger charge is 2.32. The van der Waals surface area contributed by atoms with E-state index in [0.29, 0.717) is 44.1 Å². The molecule has 1 N–H and O–H groups in total. The Bertz CT molecular complexity index is 1000. The second-order valence-electron chi connectivity index (χ2n) is 7.69. The molecule has 0 aliphatic carbocycles. The van der Waals surface area contributed by atoms with E-state index < -0.39 is 10.0 Å². The van der Waals surface area contributed by atoms with Gasteiger partial charge in [-0.15, -0.1) is 0 Å². The van der Waals surface area contributed by atoms with Gasteiger partial charge in [-0.3, -0.25) is 4.79 Å². The van der Waals surface area contributed by atoms with Crippen LogP contribution in [0.4, 0.5) is 0 Å². The molecule has 0 spiro atoms. The van der Waals surface area contributed by atoms with E-state index in [1.54, 1.807) is 12.1 Å². The van der Waals surface area contributed by atoms with Gasteiger partial charge in [-0.05, 0) is 54.7 Å². The minimum atomic E-state index is -3.57. The van der Waals surface area contributed by atoms with Crippen LogP contribution in [-0.4, -0.2) is 44.9 Å². The Kier molecular flexibility index (Phi) is 6.43. The molecule has 1 unspecified atom stereocenters. The molecule has 1 atom stereocenters. The SMILES string of the molecule is O=C(NCC1OCCc2ccccc21)C1CCN(S(=O)(=O)c2ccc(Cl)cc2)CC1. The molecule has 0 saturated carbocycles. The van der Waals surface area contributed by atoms with Gasteiger partial charge in [0.05, 0.1) is 11.5 Å². The second kappa shape index (κ2) is 9.06. The highest BCUT2D eigenvalue weighted by atomic mass is 35.5. The zero-order valence-corrected chi connectivity index (χ0v) is 18.2. The monoisotopic (exact) mass is 448 g/mol. The summed E-state index contributed by atoms with van der Waals surface area (Å²) in [7, 11) is -3.57. The van der Waals surface area contributed by atoms with Crippen molar-refractivity contribution in [2.24, 2.45) is 5.92 Å². The van der Waals surface area contributed by atoms with E-state index in [1.807, 2.05) is 18.2 Å². The summed E-state index contributed by atoms with van der Waals surface area (Å²) in [5, 5.41) is 3.50. The first-order valence-electron chi connectivity index (χ1n) is 10.2. The Labute approximate surface area is 182 Å². The fourth-order valence-electron chi connectivity index (χ4n) is 4.10. The van der Waals surface area contributed by atoms with Crippen molar-refractivity contribution in [3.8, 4) is 0 Å². The summed E-state index contributed by atoms with van der Waals surface area (Å²) in [4.78, 5) is 12.9. The van der Waals surface area contributed by atoms with Crippen molar-refractivity contribution < 1.29 is 17.9 Å². The molecule has 2 aromatic carbocycles. The van der Waals surface area contributed by atoms with Gasteiger partial charge in [0.1, 0.15) is 6.10 Å². The number of rotatable bonds is 5. The molecular weight excluding hydrogens is 424 g/mol. The molecule has 2 aliphatic heterocycles. The van der Waals surface area contributed by atoms with Crippen LogP contribution in [-0.2, 0) is 26.0 Å². The number of carbonyl (C=O) groups is 1. The predicted octanol–water partition coefficient (Wildman–Crippen LogP) is 3.17. The number of nitrogens with one attached hydrogen (secondary N) is 1.